The van der Waals surface area contributed by atoms with Gasteiger partial charge in [-0.3, -0.25) is 10.00 Å². The Bertz CT molecular complexity index is 1120. The molecule has 0 unspecified atom stereocenters. The number of rotatable bonds is 6. The number of nitrogens with zero attached hydrogens (tertiary/aromatic N) is 2. The molecule has 0 radical (unpaired) electrons. The number of H-pyrrole nitrogens is 1. The van der Waals surface area contributed by atoms with Crippen LogP contribution in [0, 0.1) is 13.8 Å². The first-order valence-corrected chi connectivity index (χ1v) is 11.6. The maximum Gasteiger partial charge on any atom is 0.0672 e. The molecule has 0 saturated heterocycles. The lowest BCUT2D eigenvalue weighted by Gasteiger charge is -2.36. The van der Waals surface area contributed by atoms with E-state index in [-0.39, 0.29) is 0 Å². The third kappa shape index (κ3) is 4.26. The van der Waals surface area contributed by atoms with Gasteiger partial charge in [0.1, 0.15) is 0 Å². The molecule has 0 amide bonds. The fourth-order valence-electron chi connectivity index (χ4n) is 5.21. The lowest BCUT2D eigenvalue weighted by atomic mass is 9.82. The zero-order chi connectivity index (χ0) is 21.9. The van der Waals surface area contributed by atoms with E-state index in [1.807, 2.05) is 0 Å². The second-order valence-electron chi connectivity index (χ2n) is 9.03. The number of aromatic nitrogens is 2. The van der Waals surface area contributed by atoms with Gasteiger partial charge in [-0.25, -0.2) is 0 Å². The molecule has 0 spiro atoms. The zero-order valence-electron chi connectivity index (χ0n) is 19.0. The molecule has 3 heteroatoms. The minimum absolute atomic E-state index is 0.511. The Balaban J connectivity index is 1.48. The smallest absolute Gasteiger partial charge is 0.0672 e. The molecule has 162 valence electrons. The van der Waals surface area contributed by atoms with E-state index in [0.717, 1.165) is 37.3 Å². The second-order valence-corrected chi connectivity index (χ2v) is 9.03. The van der Waals surface area contributed by atoms with Crippen LogP contribution >= 0.6 is 0 Å². The van der Waals surface area contributed by atoms with E-state index in [0.29, 0.717) is 6.04 Å². The van der Waals surface area contributed by atoms with Crippen LogP contribution in [-0.2, 0) is 25.9 Å². The van der Waals surface area contributed by atoms with Crippen LogP contribution in [0.1, 0.15) is 40.1 Å². The fraction of sp³-hybridized carbons (Fsp3) is 0.276. The molecule has 1 aliphatic carbocycles. The first kappa shape index (κ1) is 20.7. The van der Waals surface area contributed by atoms with E-state index < -0.39 is 0 Å². The highest BCUT2D eigenvalue weighted by molar-refractivity contribution is 5.73. The molecule has 3 nitrogen and oxygen atoms in total. The van der Waals surface area contributed by atoms with Crippen molar-refractivity contribution in [3.8, 4) is 11.1 Å². The van der Waals surface area contributed by atoms with Gasteiger partial charge < -0.3 is 0 Å². The maximum absolute atomic E-state index is 4.47. The molecule has 0 fully saturated rings. The largest absolute Gasteiger partial charge is 0.292 e. The van der Waals surface area contributed by atoms with Crippen LogP contribution in [0.25, 0.3) is 11.1 Å². The molecule has 0 bridgehead atoms. The minimum atomic E-state index is 0.511. The highest BCUT2D eigenvalue weighted by atomic mass is 15.2. The molecule has 32 heavy (non-hydrogen) atoms. The molecule has 4 aromatic rings. The van der Waals surface area contributed by atoms with Crippen molar-refractivity contribution < 1.29 is 0 Å². The lowest BCUT2D eigenvalue weighted by molar-refractivity contribution is 0.162. The monoisotopic (exact) mass is 421 g/mol. The van der Waals surface area contributed by atoms with Crippen molar-refractivity contribution in [2.45, 2.75) is 52.2 Å². The van der Waals surface area contributed by atoms with E-state index in [1.54, 1.807) is 0 Å². The van der Waals surface area contributed by atoms with Gasteiger partial charge in [0.25, 0.3) is 0 Å². The quantitative estimate of drug-likeness (QED) is 0.399. The Hall–Kier alpha value is -3.17. The van der Waals surface area contributed by atoms with E-state index in [4.69, 9.17) is 0 Å². The molecule has 1 aliphatic rings. The first-order valence-electron chi connectivity index (χ1n) is 11.6. The summed E-state index contributed by atoms with van der Waals surface area (Å²) in [6, 6.07) is 29.1. The average molecular weight is 422 g/mol. The molecular weight excluding hydrogens is 390 g/mol. The fourth-order valence-corrected chi connectivity index (χ4v) is 5.21. The predicted molar refractivity (Wildman–Crippen MR) is 131 cm³/mol. The van der Waals surface area contributed by atoms with Crippen molar-refractivity contribution >= 4 is 0 Å². The number of nitrogens with one attached hydrogen (secondary N) is 1. The van der Waals surface area contributed by atoms with Gasteiger partial charge in [-0.2, -0.15) is 5.10 Å². The Kier molecular flexibility index (Phi) is 5.91. The molecule has 1 heterocycles. The van der Waals surface area contributed by atoms with Crippen molar-refractivity contribution in [2.24, 2.45) is 0 Å². The summed E-state index contributed by atoms with van der Waals surface area (Å²) in [5.74, 6) is 0. The summed E-state index contributed by atoms with van der Waals surface area (Å²) in [5, 5.41) is 7.65. The molecule has 5 rings (SSSR count). The van der Waals surface area contributed by atoms with Crippen LogP contribution < -0.4 is 0 Å². The molecule has 1 atom stereocenters. The van der Waals surface area contributed by atoms with Crippen molar-refractivity contribution in [1.82, 2.24) is 15.1 Å². The summed E-state index contributed by atoms with van der Waals surface area (Å²) in [5.41, 5.74) is 10.6. The number of hydrogen-bond donors (Lipinski definition) is 1. The number of fused-ring (bicyclic) bond motifs is 1. The van der Waals surface area contributed by atoms with Gasteiger partial charge in [0.15, 0.2) is 0 Å². The summed E-state index contributed by atoms with van der Waals surface area (Å²) in [6.07, 6.45) is 3.40. The van der Waals surface area contributed by atoms with Crippen LogP contribution in [0.5, 0.6) is 0 Å². The Morgan fingerprint density at radius 3 is 2.09 bits per heavy atom. The van der Waals surface area contributed by atoms with E-state index in [1.165, 1.54) is 39.8 Å². The molecule has 0 aliphatic heterocycles. The molecular formula is C29H31N3. The number of benzene rings is 3. The number of aryl methyl sites for hydroxylation is 3. The summed E-state index contributed by atoms with van der Waals surface area (Å²) in [4.78, 5) is 2.68. The van der Waals surface area contributed by atoms with E-state index >= 15 is 0 Å². The SMILES string of the molecule is Cc1n[nH]c(C)c1-c1cccc2c1C[C@H](N(Cc1ccccc1)Cc1ccccc1)CC2. The summed E-state index contributed by atoms with van der Waals surface area (Å²) < 4.78 is 0. The zero-order valence-corrected chi connectivity index (χ0v) is 19.0. The number of hydrogen-bond acceptors (Lipinski definition) is 2. The maximum atomic E-state index is 4.47. The Morgan fingerprint density at radius 2 is 1.50 bits per heavy atom. The van der Waals surface area contributed by atoms with E-state index in [9.17, 15) is 0 Å². The average Bonchev–Trinajstić information content (AvgIpc) is 3.17. The van der Waals surface area contributed by atoms with Crippen LogP contribution in [0.2, 0.25) is 0 Å². The first-order chi connectivity index (χ1) is 15.7. The van der Waals surface area contributed by atoms with Crippen LogP contribution in [-0.4, -0.2) is 21.1 Å². The normalized spacial score (nSPS) is 15.7. The highest BCUT2D eigenvalue weighted by Gasteiger charge is 2.27. The molecule has 3 aromatic carbocycles. The predicted octanol–water partition coefficient (Wildman–Crippen LogP) is 6.25. The standard InChI is InChI=1S/C29H31N3/c1-21-29(22(2)31-30-21)27-15-9-14-25-16-17-26(18-28(25)27)32(19-23-10-5-3-6-11-23)20-24-12-7-4-8-13-24/h3-15,26H,16-20H2,1-2H3,(H,30,31)/t26-/m1/s1. The van der Waals surface area contributed by atoms with Gasteiger partial charge in [-0.15, -0.1) is 0 Å². The van der Waals surface area contributed by atoms with Gasteiger partial charge in [0.05, 0.1) is 5.69 Å². The third-order valence-electron chi connectivity index (χ3n) is 6.83. The number of aromatic amines is 1. The summed E-state index contributed by atoms with van der Waals surface area (Å²) in [6.45, 7) is 6.19. The molecule has 1 aromatic heterocycles. The van der Waals surface area contributed by atoms with Crippen LogP contribution in [0.4, 0.5) is 0 Å². The third-order valence-corrected chi connectivity index (χ3v) is 6.83. The summed E-state index contributed by atoms with van der Waals surface area (Å²) >= 11 is 0. The highest BCUT2D eigenvalue weighted by Crippen LogP contribution is 2.36. The van der Waals surface area contributed by atoms with Crippen molar-refractivity contribution in [3.05, 3.63) is 113 Å². The van der Waals surface area contributed by atoms with Crippen molar-refractivity contribution in [2.75, 3.05) is 0 Å². The van der Waals surface area contributed by atoms with Gasteiger partial charge in [0, 0.05) is 30.4 Å². The lowest BCUT2D eigenvalue weighted by Crippen LogP contribution is -2.38. The van der Waals surface area contributed by atoms with Gasteiger partial charge >= 0.3 is 0 Å². The topological polar surface area (TPSA) is 31.9 Å². The summed E-state index contributed by atoms with van der Waals surface area (Å²) in [7, 11) is 0. The van der Waals surface area contributed by atoms with Gasteiger partial charge in [0.2, 0.25) is 0 Å². The Morgan fingerprint density at radius 1 is 0.844 bits per heavy atom. The Labute approximate surface area is 191 Å². The minimum Gasteiger partial charge on any atom is -0.292 e. The van der Waals surface area contributed by atoms with Crippen LogP contribution in [0.15, 0.2) is 78.9 Å². The van der Waals surface area contributed by atoms with Crippen LogP contribution in [0.3, 0.4) is 0 Å². The van der Waals surface area contributed by atoms with Crippen molar-refractivity contribution in [1.29, 1.82) is 0 Å². The second kappa shape index (κ2) is 9.13. The van der Waals surface area contributed by atoms with E-state index in [2.05, 4.69) is 108 Å². The van der Waals surface area contributed by atoms with Gasteiger partial charge in [-0.05, 0) is 60.9 Å². The van der Waals surface area contributed by atoms with Crippen molar-refractivity contribution in [3.63, 3.8) is 0 Å². The van der Waals surface area contributed by atoms with Gasteiger partial charge in [-0.1, -0.05) is 78.9 Å². The molecule has 1 N–H and O–H groups in total. The molecule has 0 saturated carbocycles.